The van der Waals surface area contributed by atoms with E-state index in [4.69, 9.17) is 10.4 Å². The Morgan fingerprint density at radius 3 is 2.70 bits per heavy atom. The van der Waals surface area contributed by atoms with Gasteiger partial charge in [0, 0.05) is 12.5 Å². The molecule has 2 aromatic heterocycles. The summed E-state index contributed by atoms with van der Waals surface area (Å²) in [6.45, 7) is 7.31. The Labute approximate surface area is 119 Å². The van der Waals surface area contributed by atoms with Crippen molar-refractivity contribution >= 4 is 11.2 Å². The molecule has 5 nitrogen and oxygen atoms in total. The third kappa shape index (κ3) is 2.37. The normalized spacial score (nSPS) is 15.4. The van der Waals surface area contributed by atoms with Crippen LogP contribution in [0.2, 0.25) is 0 Å². The number of aromatic nitrogens is 4. The molecule has 20 heavy (non-hydrogen) atoms. The molecule has 2 aromatic rings. The molecule has 108 valence electrons. The molecular weight excluding hydrogens is 250 g/mol. The monoisotopic (exact) mass is 273 g/mol. The van der Waals surface area contributed by atoms with Crippen LogP contribution in [0.3, 0.4) is 0 Å². The van der Waals surface area contributed by atoms with Crippen molar-refractivity contribution in [2.45, 2.75) is 58.9 Å². The van der Waals surface area contributed by atoms with E-state index < -0.39 is 0 Å². The number of aryl methyl sites for hydroxylation is 2. The van der Waals surface area contributed by atoms with E-state index in [9.17, 15) is 0 Å². The lowest BCUT2D eigenvalue weighted by atomic mass is 10.1. The predicted octanol–water partition coefficient (Wildman–Crippen LogP) is 2.72. The number of fused-ring (bicyclic) bond motifs is 1. The summed E-state index contributed by atoms with van der Waals surface area (Å²) < 4.78 is 1.96. The molecule has 1 fully saturated rings. The van der Waals surface area contributed by atoms with Crippen LogP contribution in [-0.4, -0.2) is 19.5 Å². The first-order valence-electron chi connectivity index (χ1n) is 7.64. The lowest BCUT2D eigenvalue weighted by molar-refractivity contribution is 0.503. The van der Waals surface area contributed by atoms with Gasteiger partial charge in [0.1, 0.15) is 11.3 Å². The van der Waals surface area contributed by atoms with Gasteiger partial charge in [-0.1, -0.05) is 20.8 Å². The number of hydrogen-bond donors (Lipinski definition) is 2. The summed E-state index contributed by atoms with van der Waals surface area (Å²) >= 11 is 0. The minimum atomic E-state index is 0.337. The summed E-state index contributed by atoms with van der Waals surface area (Å²) in [7, 11) is 0. The molecule has 3 rings (SSSR count). The van der Waals surface area contributed by atoms with Gasteiger partial charge in [0.05, 0.1) is 5.69 Å². The van der Waals surface area contributed by atoms with Crippen molar-refractivity contribution in [3.05, 3.63) is 17.1 Å². The van der Waals surface area contributed by atoms with Crippen LogP contribution in [0.15, 0.2) is 0 Å². The number of imidazole rings is 1. The summed E-state index contributed by atoms with van der Waals surface area (Å²) in [6, 6.07) is 0. The SMILES string of the molecule is CCc1nc(=N)n(CCC(C)C)c2nc(C3CC3)[nH]c12. The van der Waals surface area contributed by atoms with E-state index in [2.05, 4.69) is 30.7 Å². The Kier molecular flexibility index (Phi) is 3.36. The van der Waals surface area contributed by atoms with Crippen LogP contribution in [0, 0.1) is 11.3 Å². The molecule has 1 aliphatic carbocycles. The van der Waals surface area contributed by atoms with E-state index in [1.54, 1.807) is 0 Å². The Morgan fingerprint density at radius 1 is 1.35 bits per heavy atom. The van der Waals surface area contributed by atoms with Gasteiger partial charge in [-0.05, 0) is 31.6 Å². The van der Waals surface area contributed by atoms with Gasteiger partial charge in [-0.15, -0.1) is 0 Å². The summed E-state index contributed by atoms with van der Waals surface area (Å²) in [5, 5.41) is 8.17. The number of hydrogen-bond acceptors (Lipinski definition) is 3. The predicted molar refractivity (Wildman–Crippen MR) is 78.5 cm³/mol. The minimum absolute atomic E-state index is 0.337. The zero-order valence-corrected chi connectivity index (χ0v) is 12.5. The van der Waals surface area contributed by atoms with E-state index in [1.807, 2.05) is 4.57 Å². The molecule has 0 bridgehead atoms. The molecular formula is C15H23N5. The Hall–Kier alpha value is -1.65. The number of nitrogens with zero attached hydrogens (tertiary/aromatic N) is 3. The van der Waals surface area contributed by atoms with Gasteiger partial charge in [0.15, 0.2) is 5.65 Å². The van der Waals surface area contributed by atoms with Gasteiger partial charge in [-0.2, -0.15) is 0 Å². The van der Waals surface area contributed by atoms with E-state index in [0.717, 1.165) is 42.1 Å². The lowest BCUT2D eigenvalue weighted by Crippen LogP contribution is -2.25. The molecule has 1 saturated carbocycles. The smallest absolute Gasteiger partial charge is 0.223 e. The summed E-state index contributed by atoms with van der Waals surface area (Å²) in [6.07, 6.45) is 4.34. The summed E-state index contributed by atoms with van der Waals surface area (Å²) in [4.78, 5) is 12.7. The van der Waals surface area contributed by atoms with Crippen molar-refractivity contribution in [3.8, 4) is 0 Å². The van der Waals surface area contributed by atoms with Crippen LogP contribution in [-0.2, 0) is 13.0 Å². The fourth-order valence-electron chi connectivity index (χ4n) is 2.53. The molecule has 2 N–H and O–H groups in total. The van der Waals surface area contributed by atoms with Crippen LogP contribution >= 0.6 is 0 Å². The minimum Gasteiger partial charge on any atom is -0.339 e. The largest absolute Gasteiger partial charge is 0.339 e. The second-order valence-electron chi connectivity index (χ2n) is 6.16. The zero-order valence-electron chi connectivity index (χ0n) is 12.5. The third-order valence-corrected chi connectivity index (χ3v) is 3.97. The first kappa shape index (κ1) is 13.3. The van der Waals surface area contributed by atoms with Crippen LogP contribution in [0.1, 0.15) is 57.5 Å². The molecule has 0 radical (unpaired) electrons. The maximum Gasteiger partial charge on any atom is 0.223 e. The van der Waals surface area contributed by atoms with Crippen molar-refractivity contribution in [3.63, 3.8) is 0 Å². The standard InChI is InChI=1S/C15H23N5/c1-4-11-12-14(19-13(18-12)10-5-6-10)20(15(16)17-11)8-7-9(2)3/h9-10,16H,4-8H2,1-3H3,(H,18,19). The summed E-state index contributed by atoms with van der Waals surface area (Å²) in [5.41, 5.74) is 3.26. The Bertz CT molecular complexity index is 675. The highest BCUT2D eigenvalue weighted by Gasteiger charge is 2.28. The maximum absolute atomic E-state index is 8.17. The zero-order chi connectivity index (χ0) is 14.3. The maximum atomic E-state index is 8.17. The molecule has 5 heteroatoms. The highest BCUT2D eigenvalue weighted by Crippen LogP contribution is 2.39. The van der Waals surface area contributed by atoms with E-state index in [0.29, 0.717) is 17.5 Å². The van der Waals surface area contributed by atoms with E-state index >= 15 is 0 Å². The number of H-pyrrole nitrogens is 1. The molecule has 0 unspecified atom stereocenters. The van der Waals surface area contributed by atoms with Gasteiger partial charge < -0.3 is 4.98 Å². The molecule has 1 aliphatic rings. The van der Waals surface area contributed by atoms with Gasteiger partial charge in [-0.3, -0.25) is 9.98 Å². The number of nitrogens with one attached hydrogen (secondary N) is 2. The van der Waals surface area contributed by atoms with Crippen LogP contribution in [0.5, 0.6) is 0 Å². The van der Waals surface area contributed by atoms with Crippen molar-refractivity contribution in [2.75, 3.05) is 0 Å². The average Bonchev–Trinajstić information content (AvgIpc) is 3.16. The number of aromatic amines is 1. The van der Waals surface area contributed by atoms with Gasteiger partial charge >= 0.3 is 0 Å². The average molecular weight is 273 g/mol. The second-order valence-corrected chi connectivity index (χ2v) is 6.16. The van der Waals surface area contributed by atoms with Crippen molar-refractivity contribution < 1.29 is 0 Å². The quantitative estimate of drug-likeness (QED) is 0.879. The molecule has 0 aliphatic heterocycles. The van der Waals surface area contributed by atoms with Crippen molar-refractivity contribution in [2.24, 2.45) is 5.92 Å². The fraction of sp³-hybridized carbons (Fsp3) is 0.667. The fourth-order valence-corrected chi connectivity index (χ4v) is 2.53. The van der Waals surface area contributed by atoms with E-state index in [-0.39, 0.29) is 0 Å². The third-order valence-electron chi connectivity index (χ3n) is 3.97. The highest BCUT2D eigenvalue weighted by molar-refractivity contribution is 5.74. The first-order chi connectivity index (χ1) is 9.60. The molecule has 0 amide bonds. The molecule has 0 aromatic carbocycles. The molecule has 0 spiro atoms. The molecule has 0 saturated heterocycles. The van der Waals surface area contributed by atoms with Crippen molar-refractivity contribution in [1.29, 1.82) is 5.41 Å². The molecule has 0 atom stereocenters. The molecule has 2 heterocycles. The highest BCUT2D eigenvalue weighted by atomic mass is 15.1. The first-order valence-corrected chi connectivity index (χ1v) is 7.64. The van der Waals surface area contributed by atoms with Crippen LogP contribution in [0.25, 0.3) is 11.2 Å². The van der Waals surface area contributed by atoms with E-state index in [1.165, 1.54) is 12.8 Å². The van der Waals surface area contributed by atoms with Gasteiger partial charge in [-0.25, -0.2) is 9.97 Å². The lowest BCUT2D eigenvalue weighted by Gasteiger charge is -2.10. The van der Waals surface area contributed by atoms with Crippen LogP contribution < -0.4 is 5.62 Å². The Balaban J connectivity index is 2.12. The van der Waals surface area contributed by atoms with Crippen molar-refractivity contribution in [1.82, 2.24) is 19.5 Å². The Morgan fingerprint density at radius 2 is 2.10 bits per heavy atom. The van der Waals surface area contributed by atoms with Gasteiger partial charge in [0.25, 0.3) is 0 Å². The topological polar surface area (TPSA) is 70.3 Å². The van der Waals surface area contributed by atoms with Gasteiger partial charge in [0.2, 0.25) is 5.62 Å². The second kappa shape index (κ2) is 5.04. The summed E-state index contributed by atoms with van der Waals surface area (Å²) in [5.74, 6) is 2.30. The number of rotatable bonds is 5. The van der Waals surface area contributed by atoms with Crippen LogP contribution in [0.4, 0.5) is 0 Å².